The minimum Gasteiger partial charge on any atom is -0.404 e. The van der Waals surface area contributed by atoms with Gasteiger partial charge in [-0.05, 0) is 29.8 Å². The Morgan fingerprint density at radius 1 is 1.19 bits per heavy atom. The number of oxazole rings is 1. The minimum absolute atomic E-state index is 0.152. The van der Waals surface area contributed by atoms with E-state index in [2.05, 4.69) is 19.6 Å². The first-order valence-corrected chi connectivity index (χ1v) is 10.1. The first kappa shape index (κ1) is 17.7. The van der Waals surface area contributed by atoms with E-state index in [1.807, 2.05) is 47.6 Å². The third-order valence-electron chi connectivity index (χ3n) is 4.59. The summed E-state index contributed by atoms with van der Waals surface area (Å²) in [5, 5.41) is 0. The van der Waals surface area contributed by atoms with Crippen LogP contribution in [0.1, 0.15) is 5.56 Å². The van der Waals surface area contributed by atoms with E-state index in [1.54, 1.807) is 18.1 Å². The highest BCUT2D eigenvalue weighted by Gasteiger charge is 2.24. The number of hydrogen-bond donors (Lipinski definition) is 1. The summed E-state index contributed by atoms with van der Waals surface area (Å²) in [7, 11) is 0. The number of anilines is 2. The summed E-state index contributed by atoms with van der Waals surface area (Å²) in [6, 6.07) is 12.3. The van der Waals surface area contributed by atoms with E-state index in [0.717, 1.165) is 16.8 Å². The first-order valence-electron chi connectivity index (χ1n) is 8.85. The van der Waals surface area contributed by atoms with Crippen LogP contribution in [0.15, 0.2) is 47.0 Å². The van der Waals surface area contributed by atoms with Gasteiger partial charge in [-0.25, -0.2) is 4.98 Å². The molecule has 0 atom stereocenters. The number of piperazine rings is 1. The maximum Gasteiger partial charge on any atom is 0.299 e. The summed E-state index contributed by atoms with van der Waals surface area (Å²) in [6.45, 7) is 2.73. The molecule has 3 heterocycles. The molecule has 3 aromatic rings. The Kier molecular flexibility index (Phi) is 5.15. The second-order valence-electron chi connectivity index (χ2n) is 6.37. The molecule has 0 saturated carbocycles. The van der Waals surface area contributed by atoms with Crippen LogP contribution >= 0.6 is 11.9 Å². The number of rotatable bonds is 5. The summed E-state index contributed by atoms with van der Waals surface area (Å²) in [5.41, 5.74) is 3.37. The Balaban J connectivity index is 1.33. The number of carbonyl (C=O) groups is 1. The number of hydrogen-bond acceptors (Lipinski definition) is 7. The van der Waals surface area contributed by atoms with Gasteiger partial charge in [0.05, 0.1) is 6.42 Å². The number of nitrogens with one attached hydrogen (secondary N) is 1. The fraction of sp³-hybridized carbons (Fsp3) is 0.316. The summed E-state index contributed by atoms with van der Waals surface area (Å²) < 4.78 is 8.90. The van der Waals surface area contributed by atoms with E-state index in [0.29, 0.717) is 44.3 Å². The van der Waals surface area contributed by atoms with Gasteiger partial charge in [0.2, 0.25) is 11.6 Å². The Morgan fingerprint density at radius 2 is 1.96 bits per heavy atom. The molecule has 0 spiro atoms. The SMILES string of the molecule is CSNc1ccc(CC(=O)N2CCN(c3nc4cccnc4o3)CC2)cc1. The molecule has 7 nitrogen and oxygen atoms in total. The van der Waals surface area contributed by atoms with Crippen LogP contribution in [0.4, 0.5) is 11.7 Å². The van der Waals surface area contributed by atoms with Crippen molar-refractivity contribution in [1.82, 2.24) is 14.9 Å². The lowest BCUT2D eigenvalue weighted by atomic mass is 10.1. The van der Waals surface area contributed by atoms with Crippen molar-refractivity contribution in [2.45, 2.75) is 6.42 Å². The summed E-state index contributed by atoms with van der Waals surface area (Å²) in [6.07, 6.45) is 4.10. The lowest BCUT2D eigenvalue weighted by molar-refractivity contribution is -0.130. The highest BCUT2D eigenvalue weighted by Crippen LogP contribution is 2.21. The smallest absolute Gasteiger partial charge is 0.299 e. The molecule has 4 rings (SSSR count). The van der Waals surface area contributed by atoms with E-state index in [1.165, 1.54) is 0 Å². The molecule has 8 heteroatoms. The third kappa shape index (κ3) is 4.00. The number of fused-ring (bicyclic) bond motifs is 1. The number of amides is 1. The molecule has 2 aromatic heterocycles. The third-order valence-corrected chi connectivity index (χ3v) is 5.03. The molecular formula is C19H21N5O2S. The predicted octanol–water partition coefficient (Wildman–Crippen LogP) is 2.80. The highest BCUT2D eigenvalue weighted by molar-refractivity contribution is 7.99. The van der Waals surface area contributed by atoms with E-state index >= 15 is 0 Å². The van der Waals surface area contributed by atoms with Gasteiger partial charge in [-0.1, -0.05) is 24.1 Å². The molecule has 0 aliphatic carbocycles. The predicted molar refractivity (Wildman–Crippen MR) is 108 cm³/mol. The van der Waals surface area contributed by atoms with Crippen LogP contribution in [-0.4, -0.2) is 53.2 Å². The molecule has 0 unspecified atom stereocenters. The second-order valence-corrected chi connectivity index (χ2v) is 6.98. The molecule has 1 aromatic carbocycles. The maximum absolute atomic E-state index is 12.6. The molecule has 0 bridgehead atoms. The van der Waals surface area contributed by atoms with Crippen molar-refractivity contribution in [2.24, 2.45) is 0 Å². The number of carbonyl (C=O) groups excluding carboxylic acids is 1. The summed E-state index contributed by atoms with van der Waals surface area (Å²) in [4.78, 5) is 25.2. The molecule has 27 heavy (non-hydrogen) atoms. The summed E-state index contributed by atoms with van der Waals surface area (Å²) >= 11 is 1.55. The fourth-order valence-electron chi connectivity index (χ4n) is 3.14. The molecule has 1 aliphatic heterocycles. The first-order chi connectivity index (χ1) is 13.2. The molecule has 1 amide bonds. The van der Waals surface area contributed by atoms with Gasteiger partial charge in [-0.2, -0.15) is 4.98 Å². The Hall–Kier alpha value is -2.74. The van der Waals surface area contributed by atoms with Gasteiger partial charge in [0.15, 0.2) is 0 Å². The Bertz CT molecular complexity index is 886. The zero-order valence-corrected chi connectivity index (χ0v) is 15.9. The van der Waals surface area contributed by atoms with Crippen LogP contribution in [0.3, 0.4) is 0 Å². The largest absolute Gasteiger partial charge is 0.404 e. The molecule has 140 valence electrons. The van der Waals surface area contributed by atoms with Crippen molar-refractivity contribution >= 4 is 40.8 Å². The van der Waals surface area contributed by atoms with Crippen molar-refractivity contribution in [2.75, 3.05) is 42.1 Å². The van der Waals surface area contributed by atoms with Crippen molar-refractivity contribution in [3.05, 3.63) is 48.2 Å². The standard InChI is InChI=1S/C19H21N5O2S/c1-27-22-15-6-4-14(5-7-15)13-17(25)23-9-11-24(12-10-23)19-21-16-3-2-8-20-18(16)26-19/h2-8,22H,9-13H2,1H3. The molecule has 1 saturated heterocycles. The minimum atomic E-state index is 0.152. The average Bonchev–Trinajstić information content (AvgIpc) is 3.14. The van der Waals surface area contributed by atoms with Crippen LogP contribution in [0, 0.1) is 0 Å². The average molecular weight is 383 g/mol. The van der Waals surface area contributed by atoms with E-state index in [-0.39, 0.29) is 5.91 Å². The van der Waals surface area contributed by atoms with Gasteiger partial charge < -0.3 is 18.9 Å². The zero-order chi connectivity index (χ0) is 18.6. The molecule has 1 fully saturated rings. The van der Waals surface area contributed by atoms with Crippen molar-refractivity contribution in [3.63, 3.8) is 0 Å². The van der Waals surface area contributed by atoms with Gasteiger partial charge in [0.1, 0.15) is 5.52 Å². The van der Waals surface area contributed by atoms with Crippen LogP contribution < -0.4 is 9.62 Å². The fourth-order valence-corrected chi connectivity index (χ4v) is 3.51. The van der Waals surface area contributed by atoms with Crippen LogP contribution in [-0.2, 0) is 11.2 Å². The number of aromatic nitrogens is 2. The second kappa shape index (κ2) is 7.87. The molecule has 1 N–H and O–H groups in total. The quantitative estimate of drug-likeness (QED) is 0.679. The van der Waals surface area contributed by atoms with E-state index < -0.39 is 0 Å². The van der Waals surface area contributed by atoms with Crippen LogP contribution in [0.5, 0.6) is 0 Å². The molecular weight excluding hydrogens is 362 g/mol. The van der Waals surface area contributed by atoms with Crippen molar-refractivity contribution in [3.8, 4) is 0 Å². The molecule has 1 aliphatic rings. The van der Waals surface area contributed by atoms with E-state index in [4.69, 9.17) is 4.42 Å². The monoisotopic (exact) mass is 383 g/mol. The maximum atomic E-state index is 12.6. The van der Waals surface area contributed by atoms with E-state index in [9.17, 15) is 4.79 Å². The van der Waals surface area contributed by atoms with Gasteiger partial charge in [-0.3, -0.25) is 4.79 Å². The Labute approximate surface area is 161 Å². The lowest BCUT2D eigenvalue weighted by Gasteiger charge is -2.33. The van der Waals surface area contributed by atoms with Gasteiger partial charge in [0.25, 0.3) is 6.01 Å². The van der Waals surface area contributed by atoms with Crippen LogP contribution in [0.25, 0.3) is 11.2 Å². The van der Waals surface area contributed by atoms with Crippen LogP contribution in [0.2, 0.25) is 0 Å². The normalized spacial score (nSPS) is 14.6. The number of pyridine rings is 1. The lowest BCUT2D eigenvalue weighted by Crippen LogP contribution is -2.49. The number of nitrogens with zero attached hydrogens (tertiary/aromatic N) is 4. The zero-order valence-electron chi connectivity index (χ0n) is 15.1. The van der Waals surface area contributed by atoms with Gasteiger partial charge in [-0.15, -0.1) is 0 Å². The summed E-state index contributed by atoms with van der Waals surface area (Å²) in [5.74, 6) is 0.152. The Morgan fingerprint density at radius 3 is 2.67 bits per heavy atom. The van der Waals surface area contributed by atoms with Gasteiger partial charge >= 0.3 is 0 Å². The highest BCUT2D eigenvalue weighted by atomic mass is 32.2. The van der Waals surface area contributed by atoms with Crippen molar-refractivity contribution in [1.29, 1.82) is 0 Å². The van der Waals surface area contributed by atoms with Crippen molar-refractivity contribution < 1.29 is 9.21 Å². The molecule has 0 radical (unpaired) electrons. The topological polar surface area (TPSA) is 74.5 Å². The number of benzene rings is 1. The van der Waals surface area contributed by atoms with Gasteiger partial charge in [0, 0.05) is 44.3 Å².